The number of rotatable bonds is 3. The Morgan fingerprint density at radius 1 is 0.950 bits per heavy atom. The molecule has 0 saturated carbocycles. The summed E-state index contributed by atoms with van der Waals surface area (Å²) in [6, 6.07) is 12.1. The molecule has 0 unspecified atom stereocenters. The summed E-state index contributed by atoms with van der Waals surface area (Å²) in [5.74, 6) is -0.272. The first kappa shape index (κ1) is 14.3. The van der Waals surface area contributed by atoms with Crippen LogP contribution in [0.2, 0.25) is 0 Å². The molecule has 0 radical (unpaired) electrons. The van der Waals surface area contributed by atoms with E-state index in [-0.39, 0.29) is 5.82 Å². The molecule has 2 aromatic carbocycles. The van der Waals surface area contributed by atoms with E-state index in [4.69, 9.17) is 12.2 Å². The third kappa shape index (κ3) is 4.20. The van der Waals surface area contributed by atoms with Crippen molar-refractivity contribution in [3.63, 3.8) is 0 Å². The van der Waals surface area contributed by atoms with Crippen LogP contribution in [0.5, 0.6) is 0 Å². The van der Waals surface area contributed by atoms with Gasteiger partial charge in [0.15, 0.2) is 5.11 Å². The molecule has 2 rings (SSSR count). The first-order valence-corrected chi connectivity index (χ1v) is 6.60. The van der Waals surface area contributed by atoms with E-state index in [2.05, 4.69) is 22.2 Å². The molecule has 0 saturated heterocycles. The minimum absolute atomic E-state index is 0.272. The zero-order chi connectivity index (χ0) is 14.5. The van der Waals surface area contributed by atoms with Crippen molar-refractivity contribution in [2.45, 2.75) is 13.8 Å². The Bertz CT molecular complexity index is 591. The summed E-state index contributed by atoms with van der Waals surface area (Å²) < 4.78 is 12.8. The SMILES string of the molecule is Cc1cc(C)cc(NC(=S)NNc2ccc(F)cc2)c1. The van der Waals surface area contributed by atoms with Crippen LogP contribution < -0.4 is 16.2 Å². The number of thiocarbonyl (C=S) groups is 1. The minimum Gasteiger partial charge on any atom is -0.331 e. The van der Waals surface area contributed by atoms with Gasteiger partial charge in [-0.1, -0.05) is 6.07 Å². The second kappa shape index (κ2) is 6.34. The lowest BCUT2D eigenvalue weighted by atomic mass is 10.1. The van der Waals surface area contributed by atoms with Crippen LogP contribution in [0.25, 0.3) is 0 Å². The summed E-state index contributed by atoms with van der Waals surface area (Å²) in [4.78, 5) is 0. The molecule has 0 aromatic heterocycles. The van der Waals surface area contributed by atoms with Crippen molar-refractivity contribution in [3.05, 3.63) is 59.4 Å². The molecule has 3 nitrogen and oxygen atoms in total. The van der Waals surface area contributed by atoms with Gasteiger partial charge in [0.05, 0.1) is 5.69 Å². The molecule has 0 aliphatic carbocycles. The van der Waals surface area contributed by atoms with Gasteiger partial charge >= 0.3 is 0 Å². The molecule has 104 valence electrons. The third-order valence-corrected chi connectivity index (χ3v) is 2.85. The van der Waals surface area contributed by atoms with Gasteiger partial charge in [-0.25, -0.2) is 4.39 Å². The van der Waals surface area contributed by atoms with Gasteiger partial charge < -0.3 is 5.32 Å². The molecule has 0 bridgehead atoms. The van der Waals surface area contributed by atoms with Gasteiger partial charge in [0.2, 0.25) is 0 Å². The highest BCUT2D eigenvalue weighted by Crippen LogP contribution is 2.13. The van der Waals surface area contributed by atoms with Gasteiger partial charge in [0.25, 0.3) is 0 Å². The van der Waals surface area contributed by atoms with E-state index in [0.29, 0.717) is 5.11 Å². The highest BCUT2D eigenvalue weighted by molar-refractivity contribution is 7.80. The van der Waals surface area contributed by atoms with E-state index in [1.165, 1.54) is 23.3 Å². The van der Waals surface area contributed by atoms with Crippen LogP contribution in [0.3, 0.4) is 0 Å². The second-order valence-electron chi connectivity index (χ2n) is 4.59. The van der Waals surface area contributed by atoms with Crippen molar-refractivity contribution in [1.82, 2.24) is 5.43 Å². The number of nitrogens with one attached hydrogen (secondary N) is 3. The number of halogens is 1. The van der Waals surface area contributed by atoms with Crippen LogP contribution in [0.4, 0.5) is 15.8 Å². The first-order chi connectivity index (χ1) is 9.52. The molecular formula is C15H16FN3S. The zero-order valence-corrected chi connectivity index (χ0v) is 12.1. The van der Waals surface area contributed by atoms with Crippen LogP contribution in [-0.2, 0) is 0 Å². The van der Waals surface area contributed by atoms with E-state index in [1.54, 1.807) is 12.1 Å². The van der Waals surface area contributed by atoms with Gasteiger partial charge in [-0.05, 0) is 73.6 Å². The Hall–Kier alpha value is -2.14. The highest BCUT2D eigenvalue weighted by Gasteiger charge is 1.99. The maximum atomic E-state index is 12.8. The zero-order valence-electron chi connectivity index (χ0n) is 11.3. The first-order valence-electron chi connectivity index (χ1n) is 6.20. The largest absolute Gasteiger partial charge is 0.331 e. The maximum Gasteiger partial charge on any atom is 0.189 e. The number of benzene rings is 2. The Kier molecular flexibility index (Phi) is 4.53. The van der Waals surface area contributed by atoms with E-state index in [1.807, 2.05) is 26.0 Å². The number of hydrogen-bond donors (Lipinski definition) is 3. The van der Waals surface area contributed by atoms with Crippen LogP contribution in [0.1, 0.15) is 11.1 Å². The Morgan fingerprint density at radius 3 is 2.15 bits per heavy atom. The summed E-state index contributed by atoms with van der Waals surface area (Å²) in [7, 11) is 0. The van der Waals surface area contributed by atoms with Crippen molar-refractivity contribution in [2.75, 3.05) is 10.7 Å². The fourth-order valence-corrected chi connectivity index (χ4v) is 2.04. The molecule has 2 aromatic rings. The van der Waals surface area contributed by atoms with Gasteiger partial charge in [0, 0.05) is 5.69 Å². The van der Waals surface area contributed by atoms with E-state index in [9.17, 15) is 4.39 Å². The predicted molar refractivity (Wildman–Crippen MR) is 85.3 cm³/mol. The smallest absolute Gasteiger partial charge is 0.189 e. The third-order valence-electron chi connectivity index (χ3n) is 2.64. The normalized spacial score (nSPS) is 9.95. The fraction of sp³-hybridized carbons (Fsp3) is 0.133. The number of hydrogen-bond acceptors (Lipinski definition) is 2. The minimum atomic E-state index is -0.272. The van der Waals surface area contributed by atoms with Gasteiger partial charge in [0.1, 0.15) is 5.82 Å². The predicted octanol–water partition coefficient (Wildman–Crippen LogP) is 3.76. The van der Waals surface area contributed by atoms with Crippen molar-refractivity contribution < 1.29 is 4.39 Å². The monoisotopic (exact) mass is 289 g/mol. The van der Waals surface area contributed by atoms with Gasteiger partial charge in [-0.2, -0.15) is 0 Å². The molecule has 0 amide bonds. The Morgan fingerprint density at radius 2 is 1.55 bits per heavy atom. The van der Waals surface area contributed by atoms with Crippen LogP contribution >= 0.6 is 12.2 Å². The summed E-state index contributed by atoms with van der Waals surface area (Å²) in [6.07, 6.45) is 0. The summed E-state index contributed by atoms with van der Waals surface area (Å²) in [6.45, 7) is 4.07. The molecule has 5 heteroatoms. The lowest BCUT2D eigenvalue weighted by Crippen LogP contribution is -2.33. The molecule has 3 N–H and O–H groups in total. The van der Waals surface area contributed by atoms with Gasteiger partial charge in [-0.15, -0.1) is 0 Å². The molecule has 0 heterocycles. The summed E-state index contributed by atoms with van der Waals surface area (Å²) in [5.41, 5.74) is 9.75. The summed E-state index contributed by atoms with van der Waals surface area (Å²) in [5, 5.41) is 3.53. The molecule has 0 fully saturated rings. The quantitative estimate of drug-likeness (QED) is 0.594. The van der Waals surface area contributed by atoms with E-state index < -0.39 is 0 Å². The van der Waals surface area contributed by atoms with Crippen LogP contribution in [0.15, 0.2) is 42.5 Å². The second-order valence-corrected chi connectivity index (χ2v) is 5.00. The summed E-state index contributed by atoms with van der Waals surface area (Å²) >= 11 is 5.19. The molecule has 20 heavy (non-hydrogen) atoms. The average molecular weight is 289 g/mol. The van der Waals surface area contributed by atoms with Crippen LogP contribution in [-0.4, -0.2) is 5.11 Å². The van der Waals surface area contributed by atoms with Gasteiger partial charge in [-0.3, -0.25) is 10.9 Å². The van der Waals surface area contributed by atoms with Crippen molar-refractivity contribution in [2.24, 2.45) is 0 Å². The number of anilines is 2. The standard InChI is InChI=1S/C15H16FN3S/c1-10-7-11(2)9-14(8-10)17-15(20)19-18-13-5-3-12(16)4-6-13/h3-9,18H,1-2H3,(H2,17,19,20). The van der Waals surface area contributed by atoms with Crippen molar-refractivity contribution in [1.29, 1.82) is 0 Å². The Balaban J connectivity index is 1.90. The van der Waals surface area contributed by atoms with E-state index >= 15 is 0 Å². The number of aryl methyl sites for hydroxylation is 2. The molecular weight excluding hydrogens is 273 g/mol. The average Bonchev–Trinajstić information content (AvgIpc) is 2.37. The maximum absolute atomic E-state index is 12.8. The topological polar surface area (TPSA) is 36.1 Å². The molecule has 0 spiro atoms. The highest BCUT2D eigenvalue weighted by atomic mass is 32.1. The Labute approximate surface area is 123 Å². The lowest BCUT2D eigenvalue weighted by Gasteiger charge is -2.13. The molecule has 0 aliphatic heterocycles. The lowest BCUT2D eigenvalue weighted by molar-refractivity contribution is 0.628. The number of hydrazine groups is 1. The van der Waals surface area contributed by atoms with Crippen LogP contribution in [0, 0.1) is 19.7 Å². The fourth-order valence-electron chi connectivity index (χ4n) is 1.87. The van der Waals surface area contributed by atoms with Crippen molar-refractivity contribution in [3.8, 4) is 0 Å². The van der Waals surface area contributed by atoms with E-state index in [0.717, 1.165) is 11.4 Å². The van der Waals surface area contributed by atoms with Crippen molar-refractivity contribution >= 4 is 28.7 Å². The molecule has 0 aliphatic rings. The molecule has 0 atom stereocenters.